The van der Waals surface area contributed by atoms with Crippen LogP contribution in [-0.4, -0.2) is 29.5 Å². The molecule has 138 valence electrons. The van der Waals surface area contributed by atoms with Gasteiger partial charge in [-0.2, -0.15) is 0 Å². The van der Waals surface area contributed by atoms with E-state index in [1.165, 1.54) is 7.11 Å². The Morgan fingerprint density at radius 3 is 2.08 bits per heavy atom. The number of nitrogens with zero attached hydrogens (tertiary/aromatic N) is 1. The van der Waals surface area contributed by atoms with Gasteiger partial charge in [0.25, 0.3) is 0 Å². The maximum absolute atomic E-state index is 12.9. The van der Waals surface area contributed by atoms with Gasteiger partial charge in [-0.25, -0.2) is 4.79 Å². The molecule has 1 aromatic carbocycles. The third-order valence-corrected chi connectivity index (χ3v) is 3.70. The first kappa shape index (κ1) is 19.6. The van der Waals surface area contributed by atoms with E-state index in [1.54, 1.807) is 24.5 Å². The number of ether oxygens (including phenoxy) is 1. The fraction of sp³-hybridized carbons (Fsp3) is 0.350. The average Bonchev–Trinajstić information content (AvgIpc) is 2.62. The predicted octanol–water partition coefficient (Wildman–Crippen LogP) is 2.54. The van der Waals surface area contributed by atoms with Crippen molar-refractivity contribution in [3.05, 3.63) is 66.0 Å². The highest BCUT2D eigenvalue weighted by Gasteiger charge is 2.31. The lowest BCUT2D eigenvalue weighted by molar-refractivity contribution is -0.143. The molecule has 0 aliphatic heterocycles. The minimum absolute atomic E-state index is 0.228. The van der Waals surface area contributed by atoms with Crippen LogP contribution in [0.5, 0.6) is 0 Å². The highest BCUT2D eigenvalue weighted by Crippen LogP contribution is 2.22. The van der Waals surface area contributed by atoms with Gasteiger partial charge >= 0.3 is 5.97 Å². The first-order valence-electron chi connectivity index (χ1n) is 8.42. The van der Waals surface area contributed by atoms with Gasteiger partial charge in [0.2, 0.25) is 5.91 Å². The van der Waals surface area contributed by atoms with E-state index in [-0.39, 0.29) is 5.91 Å². The molecule has 1 unspecified atom stereocenters. The van der Waals surface area contributed by atoms with Crippen molar-refractivity contribution < 1.29 is 14.3 Å². The molecule has 0 saturated carbocycles. The summed E-state index contributed by atoms with van der Waals surface area (Å²) in [6.07, 6.45) is 3.23. The number of carbonyl (C=O) groups is 2. The van der Waals surface area contributed by atoms with Crippen molar-refractivity contribution in [2.24, 2.45) is 0 Å². The van der Waals surface area contributed by atoms with Gasteiger partial charge in [0, 0.05) is 17.9 Å². The lowest BCUT2D eigenvalue weighted by Crippen LogP contribution is -2.48. The van der Waals surface area contributed by atoms with Crippen molar-refractivity contribution in [1.82, 2.24) is 15.6 Å². The molecule has 0 saturated heterocycles. The summed E-state index contributed by atoms with van der Waals surface area (Å²) in [6, 6.07) is 11.2. The second-order valence-electron chi connectivity index (χ2n) is 6.99. The number of hydrogen-bond acceptors (Lipinski definition) is 5. The summed E-state index contributed by atoms with van der Waals surface area (Å²) in [5.41, 5.74) is 1.03. The van der Waals surface area contributed by atoms with Gasteiger partial charge in [-0.05, 0) is 44.0 Å². The van der Waals surface area contributed by atoms with E-state index in [0.29, 0.717) is 5.56 Å². The quantitative estimate of drug-likeness (QED) is 0.779. The zero-order chi connectivity index (χ0) is 19.2. The summed E-state index contributed by atoms with van der Waals surface area (Å²) in [5.74, 6) is -0.688. The van der Waals surface area contributed by atoms with Crippen LogP contribution in [0.4, 0.5) is 0 Å². The minimum atomic E-state index is -0.773. The molecule has 6 heteroatoms. The number of pyridine rings is 1. The molecule has 1 aromatic heterocycles. The SMILES string of the molecule is COC(=O)[C@@H](NC(C(=O)NC(C)(C)C)c1ccncc1)c1ccccc1. The maximum Gasteiger partial charge on any atom is 0.327 e. The van der Waals surface area contributed by atoms with Gasteiger partial charge in [0.15, 0.2) is 0 Å². The van der Waals surface area contributed by atoms with Crippen LogP contribution in [-0.2, 0) is 14.3 Å². The molecule has 0 radical (unpaired) electrons. The average molecular weight is 355 g/mol. The van der Waals surface area contributed by atoms with E-state index < -0.39 is 23.6 Å². The van der Waals surface area contributed by atoms with Crippen molar-refractivity contribution in [3.63, 3.8) is 0 Å². The fourth-order valence-electron chi connectivity index (χ4n) is 2.55. The minimum Gasteiger partial charge on any atom is -0.468 e. The number of methoxy groups -OCH3 is 1. The van der Waals surface area contributed by atoms with Crippen LogP contribution in [0.25, 0.3) is 0 Å². The van der Waals surface area contributed by atoms with Crippen LogP contribution in [0, 0.1) is 0 Å². The number of nitrogens with one attached hydrogen (secondary N) is 2. The lowest BCUT2D eigenvalue weighted by Gasteiger charge is -2.28. The first-order chi connectivity index (χ1) is 12.3. The third kappa shape index (κ3) is 5.39. The summed E-state index contributed by atoms with van der Waals surface area (Å²) in [5, 5.41) is 6.10. The van der Waals surface area contributed by atoms with E-state index in [2.05, 4.69) is 15.6 Å². The zero-order valence-electron chi connectivity index (χ0n) is 15.5. The van der Waals surface area contributed by atoms with Crippen molar-refractivity contribution in [2.75, 3.05) is 7.11 Å². The smallest absolute Gasteiger partial charge is 0.327 e. The van der Waals surface area contributed by atoms with Gasteiger partial charge in [-0.3, -0.25) is 15.1 Å². The molecule has 6 nitrogen and oxygen atoms in total. The molecule has 1 amide bonds. The van der Waals surface area contributed by atoms with Crippen LogP contribution in [0.3, 0.4) is 0 Å². The van der Waals surface area contributed by atoms with Crippen LogP contribution in [0.15, 0.2) is 54.9 Å². The maximum atomic E-state index is 12.9. The Bertz CT molecular complexity index is 727. The first-order valence-corrected chi connectivity index (χ1v) is 8.42. The summed E-state index contributed by atoms with van der Waals surface area (Å²) in [7, 11) is 1.33. The van der Waals surface area contributed by atoms with Crippen LogP contribution < -0.4 is 10.6 Å². The Morgan fingerprint density at radius 2 is 1.54 bits per heavy atom. The highest BCUT2D eigenvalue weighted by molar-refractivity contribution is 5.85. The fourth-order valence-corrected chi connectivity index (χ4v) is 2.55. The monoisotopic (exact) mass is 355 g/mol. The van der Waals surface area contributed by atoms with Crippen molar-refractivity contribution in [1.29, 1.82) is 0 Å². The Balaban J connectivity index is 2.37. The molecule has 0 aliphatic rings. The van der Waals surface area contributed by atoms with E-state index in [0.717, 1.165) is 5.56 Å². The molecular weight excluding hydrogens is 330 g/mol. The predicted molar refractivity (Wildman–Crippen MR) is 99.2 cm³/mol. The van der Waals surface area contributed by atoms with Crippen molar-refractivity contribution in [2.45, 2.75) is 38.4 Å². The number of rotatable bonds is 6. The molecular formula is C20H25N3O3. The van der Waals surface area contributed by atoms with Gasteiger partial charge < -0.3 is 10.1 Å². The van der Waals surface area contributed by atoms with E-state index in [1.807, 2.05) is 51.1 Å². The Labute approximate surface area is 154 Å². The van der Waals surface area contributed by atoms with Crippen LogP contribution >= 0.6 is 0 Å². The number of hydrogen-bond donors (Lipinski definition) is 2. The molecule has 1 heterocycles. The van der Waals surface area contributed by atoms with Gasteiger partial charge in [-0.15, -0.1) is 0 Å². The largest absolute Gasteiger partial charge is 0.468 e. The number of aromatic nitrogens is 1. The molecule has 0 spiro atoms. The second-order valence-corrected chi connectivity index (χ2v) is 6.99. The summed E-state index contributed by atoms with van der Waals surface area (Å²) >= 11 is 0. The Morgan fingerprint density at radius 1 is 0.962 bits per heavy atom. The summed E-state index contributed by atoms with van der Waals surface area (Å²) < 4.78 is 4.94. The highest BCUT2D eigenvalue weighted by atomic mass is 16.5. The van der Waals surface area contributed by atoms with Gasteiger partial charge in [-0.1, -0.05) is 30.3 Å². The zero-order valence-corrected chi connectivity index (χ0v) is 15.5. The van der Waals surface area contributed by atoms with E-state index in [9.17, 15) is 9.59 Å². The molecule has 2 aromatic rings. The van der Waals surface area contributed by atoms with Gasteiger partial charge in [0.05, 0.1) is 7.11 Å². The summed E-state index contributed by atoms with van der Waals surface area (Å²) in [4.78, 5) is 29.2. The molecule has 26 heavy (non-hydrogen) atoms. The van der Waals surface area contributed by atoms with Crippen LogP contribution in [0.2, 0.25) is 0 Å². The molecule has 2 atom stereocenters. The molecule has 0 aliphatic carbocycles. The lowest BCUT2D eigenvalue weighted by atomic mass is 10.0. The Kier molecular flexibility index (Phi) is 6.46. The molecule has 2 N–H and O–H groups in total. The Hall–Kier alpha value is -2.73. The van der Waals surface area contributed by atoms with Crippen molar-refractivity contribution >= 4 is 11.9 Å². The van der Waals surface area contributed by atoms with Crippen molar-refractivity contribution in [3.8, 4) is 0 Å². The van der Waals surface area contributed by atoms with E-state index in [4.69, 9.17) is 4.74 Å². The normalized spacial score (nSPS) is 13.5. The number of esters is 1. The number of amides is 1. The number of benzene rings is 1. The molecule has 0 bridgehead atoms. The second kappa shape index (κ2) is 8.58. The standard InChI is InChI=1S/C20H25N3O3/c1-20(2,3)23-18(24)16(15-10-12-21-13-11-15)22-17(19(25)26-4)14-8-6-5-7-9-14/h5-13,16-17,22H,1-4H3,(H,23,24)/t16?,17-/m0/s1. The number of carbonyl (C=O) groups excluding carboxylic acids is 2. The van der Waals surface area contributed by atoms with E-state index >= 15 is 0 Å². The molecule has 0 fully saturated rings. The molecule has 2 rings (SSSR count). The third-order valence-electron chi connectivity index (χ3n) is 3.70. The van der Waals surface area contributed by atoms with Gasteiger partial charge in [0.1, 0.15) is 12.1 Å². The van der Waals surface area contributed by atoms with Crippen LogP contribution in [0.1, 0.15) is 44.0 Å². The summed E-state index contributed by atoms with van der Waals surface area (Å²) in [6.45, 7) is 5.72. The topological polar surface area (TPSA) is 80.3 Å².